The standard InChI is InChI=1S/C15H26N2O/c1-10(2)13-8-14(17(5)12(4)9-16)11(3)7-15(13)18-6/h7-8,10,12H,9,16H2,1-6H3. The maximum atomic E-state index is 5.75. The summed E-state index contributed by atoms with van der Waals surface area (Å²) in [7, 11) is 3.82. The molecular weight excluding hydrogens is 224 g/mol. The summed E-state index contributed by atoms with van der Waals surface area (Å²) in [6.07, 6.45) is 0. The number of ether oxygens (including phenoxy) is 1. The van der Waals surface area contributed by atoms with Crippen molar-refractivity contribution in [1.82, 2.24) is 0 Å². The van der Waals surface area contributed by atoms with Crippen LogP contribution in [-0.4, -0.2) is 26.7 Å². The Morgan fingerprint density at radius 2 is 1.89 bits per heavy atom. The van der Waals surface area contributed by atoms with Crippen molar-refractivity contribution in [2.45, 2.75) is 39.7 Å². The van der Waals surface area contributed by atoms with E-state index >= 15 is 0 Å². The highest BCUT2D eigenvalue weighted by Gasteiger charge is 2.15. The number of nitrogens with two attached hydrogens (primary N) is 1. The topological polar surface area (TPSA) is 38.5 Å². The second-order valence-electron chi connectivity index (χ2n) is 5.23. The van der Waals surface area contributed by atoms with Gasteiger partial charge in [-0.2, -0.15) is 0 Å². The molecule has 0 fully saturated rings. The van der Waals surface area contributed by atoms with Gasteiger partial charge in [0.05, 0.1) is 7.11 Å². The van der Waals surface area contributed by atoms with E-state index in [-0.39, 0.29) is 0 Å². The lowest BCUT2D eigenvalue weighted by Gasteiger charge is -2.29. The van der Waals surface area contributed by atoms with Gasteiger partial charge in [0.15, 0.2) is 0 Å². The first-order chi connectivity index (χ1) is 8.42. The van der Waals surface area contributed by atoms with Gasteiger partial charge in [-0.3, -0.25) is 0 Å². The quantitative estimate of drug-likeness (QED) is 0.873. The van der Waals surface area contributed by atoms with Crippen molar-refractivity contribution in [1.29, 1.82) is 0 Å². The van der Waals surface area contributed by atoms with E-state index in [1.165, 1.54) is 16.8 Å². The minimum absolute atomic E-state index is 0.331. The van der Waals surface area contributed by atoms with Crippen LogP contribution in [-0.2, 0) is 0 Å². The van der Waals surface area contributed by atoms with Crippen LogP contribution in [0.5, 0.6) is 5.75 Å². The third kappa shape index (κ3) is 2.96. The SMILES string of the molecule is COc1cc(C)c(N(C)C(C)CN)cc1C(C)C. The summed E-state index contributed by atoms with van der Waals surface area (Å²) in [6, 6.07) is 4.67. The van der Waals surface area contributed by atoms with Crippen LogP contribution in [0.15, 0.2) is 12.1 Å². The van der Waals surface area contributed by atoms with E-state index in [1.54, 1.807) is 7.11 Å². The molecule has 0 radical (unpaired) electrons. The molecule has 0 heterocycles. The number of hydrogen-bond acceptors (Lipinski definition) is 3. The summed E-state index contributed by atoms with van der Waals surface area (Å²) in [6.45, 7) is 9.27. The molecule has 0 aliphatic heterocycles. The molecule has 1 atom stereocenters. The molecule has 2 N–H and O–H groups in total. The van der Waals surface area contributed by atoms with E-state index in [1.807, 2.05) is 0 Å². The molecule has 0 saturated carbocycles. The number of aryl methyl sites for hydroxylation is 1. The van der Waals surface area contributed by atoms with Gasteiger partial charge in [0.25, 0.3) is 0 Å². The molecule has 18 heavy (non-hydrogen) atoms. The fraction of sp³-hybridized carbons (Fsp3) is 0.600. The Bertz CT molecular complexity index is 402. The van der Waals surface area contributed by atoms with Crippen LogP contribution in [0.3, 0.4) is 0 Å². The van der Waals surface area contributed by atoms with Crippen LogP contribution in [0.2, 0.25) is 0 Å². The normalized spacial score (nSPS) is 12.7. The molecule has 102 valence electrons. The Kier molecular flexibility index (Phi) is 5.03. The first-order valence-electron chi connectivity index (χ1n) is 6.53. The van der Waals surface area contributed by atoms with Gasteiger partial charge in [-0.15, -0.1) is 0 Å². The number of likely N-dealkylation sites (N-methyl/N-ethyl adjacent to an activating group) is 1. The van der Waals surface area contributed by atoms with E-state index in [0.717, 1.165) is 5.75 Å². The minimum atomic E-state index is 0.331. The number of anilines is 1. The average molecular weight is 250 g/mol. The van der Waals surface area contributed by atoms with Crippen LogP contribution >= 0.6 is 0 Å². The molecular formula is C15H26N2O. The van der Waals surface area contributed by atoms with Crippen molar-refractivity contribution in [2.75, 3.05) is 25.6 Å². The predicted molar refractivity (Wildman–Crippen MR) is 78.7 cm³/mol. The molecule has 0 saturated heterocycles. The van der Waals surface area contributed by atoms with Gasteiger partial charge >= 0.3 is 0 Å². The lowest BCUT2D eigenvalue weighted by atomic mass is 9.98. The Labute approximate surface area is 111 Å². The Hall–Kier alpha value is -1.22. The Balaban J connectivity index is 3.25. The molecule has 3 nitrogen and oxygen atoms in total. The van der Waals surface area contributed by atoms with Crippen molar-refractivity contribution >= 4 is 5.69 Å². The van der Waals surface area contributed by atoms with E-state index in [0.29, 0.717) is 18.5 Å². The van der Waals surface area contributed by atoms with Crippen molar-refractivity contribution in [3.63, 3.8) is 0 Å². The van der Waals surface area contributed by atoms with E-state index in [9.17, 15) is 0 Å². The monoisotopic (exact) mass is 250 g/mol. The molecule has 0 aliphatic carbocycles. The zero-order valence-corrected chi connectivity index (χ0v) is 12.4. The molecule has 0 aromatic heterocycles. The molecule has 0 aliphatic rings. The van der Waals surface area contributed by atoms with Crippen LogP contribution < -0.4 is 15.4 Å². The minimum Gasteiger partial charge on any atom is -0.496 e. The van der Waals surface area contributed by atoms with Crippen molar-refractivity contribution < 1.29 is 4.74 Å². The van der Waals surface area contributed by atoms with Crippen LogP contribution in [0, 0.1) is 6.92 Å². The highest BCUT2D eigenvalue weighted by molar-refractivity contribution is 5.59. The summed E-state index contributed by atoms with van der Waals surface area (Å²) in [5.74, 6) is 1.42. The number of methoxy groups -OCH3 is 1. The van der Waals surface area contributed by atoms with Gasteiger partial charge in [-0.1, -0.05) is 13.8 Å². The zero-order chi connectivity index (χ0) is 13.9. The summed E-state index contributed by atoms with van der Waals surface area (Å²) in [5.41, 5.74) is 9.45. The molecule has 0 amide bonds. The molecule has 1 aromatic rings. The third-order valence-corrected chi connectivity index (χ3v) is 3.55. The van der Waals surface area contributed by atoms with Crippen LogP contribution in [0.1, 0.15) is 37.8 Å². The van der Waals surface area contributed by atoms with Gasteiger partial charge in [0.1, 0.15) is 5.75 Å². The van der Waals surface area contributed by atoms with Crippen LogP contribution in [0.25, 0.3) is 0 Å². The highest BCUT2D eigenvalue weighted by Crippen LogP contribution is 2.33. The molecule has 1 rings (SSSR count). The molecule has 1 aromatic carbocycles. The largest absolute Gasteiger partial charge is 0.496 e. The second kappa shape index (κ2) is 6.10. The van der Waals surface area contributed by atoms with Crippen molar-refractivity contribution in [2.24, 2.45) is 5.73 Å². The maximum Gasteiger partial charge on any atom is 0.122 e. The average Bonchev–Trinajstić information content (AvgIpc) is 2.36. The number of rotatable bonds is 5. The lowest BCUT2D eigenvalue weighted by molar-refractivity contribution is 0.407. The zero-order valence-electron chi connectivity index (χ0n) is 12.4. The highest BCUT2D eigenvalue weighted by atomic mass is 16.5. The predicted octanol–water partition coefficient (Wildman–Crippen LogP) is 2.91. The van der Waals surface area contributed by atoms with E-state index in [2.05, 4.69) is 51.8 Å². The third-order valence-electron chi connectivity index (χ3n) is 3.55. The molecule has 1 unspecified atom stereocenters. The smallest absolute Gasteiger partial charge is 0.122 e. The first-order valence-corrected chi connectivity index (χ1v) is 6.53. The Morgan fingerprint density at radius 1 is 1.28 bits per heavy atom. The molecule has 3 heteroatoms. The molecule has 0 bridgehead atoms. The van der Waals surface area contributed by atoms with Gasteiger partial charge < -0.3 is 15.4 Å². The van der Waals surface area contributed by atoms with Crippen molar-refractivity contribution in [3.05, 3.63) is 23.3 Å². The number of nitrogens with zero attached hydrogens (tertiary/aromatic N) is 1. The van der Waals surface area contributed by atoms with E-state index in [4.69, 9.17) is 10.5 Å². The van der Waals surface area contributed by atoms with Gasteiger partial charge in [0, 0.05) is 25.3 Å². The van der Waals surface area contributed by atoms with Crippen molar-refractivity contribution in [3.8, 4) is 5.75 Å². The lowest BCUT2D eigenvalue weighted by Crippen LogP contribution is -2.35. The fourth-order valence-corrected chi connectivity index (χ4v) is 2.09. The van der Waals surface area contributed by atoms with Gasteiger partial charge in [-0.05, 0) is 43.0 Å². The second-order valence-corrected chi connectivity index (χ2v) is 5.23. The molecule has 0 spiro atoms. The summed E-state index contributed by atoms with van der Waals surface area (Å²) in [5, 5.41) is 0. The summed E-state index contributed by atoms with van der Waals surface area (Å²) in [4.78, 5) is 2.24. The maximum absolute atomic E-state index is 5.75. The van der Waals surface area contributed by atoms with Gasteiger partial charge in [-0.25, -0.2) is 0 Å². The first kappa shape index (κ1) is 14.8. The summed E-state index contributed by atoms with van der Waals surface area (Å²) < 4.78 is 5.47. The summed E-state index contributed by atoms with van der Waals surface area (Å²) >= 11 is 0. The van der Waals surface area contributed by atoms with Crippen LogP contribution in [0.4, 0.5) is 5.69 Å². The van der Waals surface area contributed by atoms with E-state index < -0.39 is 0 Å². The fourth-order valence-electron chi connectivity index (χ4n) is 2.09. The number of hydrogen-bond donors (Lipinski definition) is 1. The number of benzene rings is 1. The van der Waals surface area contributed by atoms with Gasteiger partial charge in [0.2, 0.25) is 0 Å². The Morgan fingerprint density at radius 3 is 2.33 bits per heavy atom.